The van der Waals surface area contributed by atoms with E-state index < -0.39 is 17.8 Å². The largest absolute Gasteiger partial charge is 0.427 e. The summed E-state index contributed by atoms with van der Waals surface area (Å²) in [4.78, 5) is 36.0. The Hall–Kier alpha value is -3.41. The standard InChI is InChI=1S/C20H18N2O4/c1-12-7-8-16(9-13(12)2)22-20(25)18(19(24)21-22)11-15-5-4-6-17(10-15)26-14(3)23/h4-11H,1-3H3,(H,21,24)/b18-11+. The molecular weight excluding hydrogens is 332 g/mol. The third-order valence-corrected chi connectivity index (χ3v) is 4.07. The van der Waals surface area contributed by atoms with Gasteiger partial charge in [-0.1, -0.05) is 18.2 Å². The number of carbonyl (C=O) groups excluding carboxylic acids is 3. The number of nitrogens with zero attached hydrogens (tertiary/aromatic N) is 1. The number of amides is 2. The molecule has 1 fully saturated rings. The fraction of sp³-hybridized carbons (Fsp3) is 0.150. The predicted molar refractivity (Wildman–Crippen MR) is 97.3 cm³/mol. The summed E-state index contributed by atoms with van der Waals surface area (Å²) in [6.45, 7) is 5.23. The van der Waals surface area contributed by atoms with Crippen molar-refractivity contribution in [1.82, 2.24) is 5.43 Å². The van der Waals surface area contributed by atoms with Gasteiger partial charge in [0.15, 0.2) is 0 Å². The molecule has 26 heavy (non-hydrogen) atoms. The molecule has 3 rings (SSSR count). The van der Waals surface area contributed by atoms with Gasteiger partial charge in [-0.15, -0.1) is 0 Å². The van der Waals surface area contributed by atoms with Gasteiger partial charge in [0.05, 0.1) is 5.69 Å². The quantitative estimate of drug-likeness (QED) is 0.400. The Morgan fingerprint density at radius 3 is 2.54 bits per heavy atom. The molecule has 1 aliphatic rings. The first-order valence-electron chi connectivity index (χ1n) is 8.08. The van der Waals surface area contributed by atoms with E-state index in [0.29, 0.717) is 17.0 Å². The van der Waals surface area contributed by atoms with Crippen LogP contribution in [0.4, 0.5) is 5.69 Å². The number of hydrazine groups is 1. The topological polar surface area (TPSA) is 75.7 Å². The molecule has 0 saturated carbocycles. The molecule has 1 saturated heterocycles. The molecule has 2 aromatic carbocycles. The molecular formula is C20H18N2O4. The molecule has 2 aromatic rings. The molecule has 132 valence electrons. The van der Waals surface area contributed by atoms with Crippen LogP contribution in [-0.4, -0.2) is 17.8 Å². The molecule has 0 bridgehead atoms. The Morgan fingerprint density at radius 2 is 1.85 bits per heavy atom. The summed E-state index contributed by atoms with van der Waals surface area (Å²) in [6, 6.07) is 12.1. The molecule has 1 heterocycles. The average Bonchev–Trinajstić information content (AvgIpc) is 2.85. The number of aryl methyl sites for hydroxylation is 2. The Balaban J connectivity index is 1.90. The van der Waals surface area contributed by atoms with Crippen molar-refractivity contribution in [2.24, 2.45) is 0 Å². The fourth-order valence-corrected chi connectivity index (χ4v) is 2.60. The van der Waals surface area contributed by atoms with Gasteiger partial charge in [0.2, 0.25) is 0 Å². The molecule has 0 atom stereocenters. The summed E-state index contributed by atoms with van der Waals surface area (Å²) in [5.41, 5.74) is 5.91. The third-order valence-electron chi connectivity index (χ3n) is 4.07. The van der Waals surface area contributed by atoms with E-state index in [-0.39, 0.29) is 5.57 Å². The minimum absolute atomic E-state index is 0.0169. The van der Waals surface area contributed by atoms with Gasteiger partial charge in [-0.2, -0.15) is 0 Å². The number of ether oxygens (including phenoxy) is 1. The summed E-state index contributed by atoms with van der Waals surface area (Å²) < 4.78 is 5.02. The number of rotatable bonds is 3. The van der Waals surface area contributed by atoms with Gasteiger partial charge in [0.1, 0.15) is 11.3 Å². The van der Waals surface area contributed by atoms with Crippen LogP contribution < -0.4 is 15.2 Å². The highest BCUT2D eigenvalue weighted by Gasteiger charge is 2.34. The van der Waals surface area contributed by atoms with Gasteiger partial charge in [0, 0.05) is 6.92 Å². The number of anilines is 1. The van der Waals surface area contributed by atoms with Crippen LogP contribution in [0.25, 0.3) is 6.08 Å². The van der Waals surface area contributed by atoms with Crippen molar-refractivity contribution in [3.8, 4) is 5.75 Å². The minimum atomic E-state index is -0.480. The zero-order valence-electron chi connectivity index (χ0n) is 14.7. The van der Waals surface area contributed by atoms with Crippen LogP contribution in [0.2, 0.25) is 0 Å². The molecule has 6 heteroatoms. The highest BCUT2D eigenvalue weighted by molar-refractivity contribution is 6.31. The summed E-state index contributed by atoms with van der Waals surface area (Å²) in [6.07, 6.45) is 1.48. The Kier molecular flexibility index (Phi) is 4.58. The van der Waals surface area contributed by atoms with Crippen molar-refractivity contribution < 1.29 is 19.1 Å². The SMILES string of the molecule is CC(=O)Oc1cccc(/C=C2\C(=O)NN(c3ccc(C)c(C)c3)C2=O)c1. The van der Waals surface area contributed by atoms with E-state index in [9.17, 15) is 14.4 Å². The van der Waals surface area contributed by atoms with Gasteiger partial charge < -0.3 is 4.74 Å². The maximum absolute atomic E-state index is 12.7. The van der Waals surface area contributed by atoms with E-state index in [1.165, 1.54) is 18.0 Å². The maximum atomic E-state index is 12.7. The number of esters is 1. The number of hydrogen-bond donors (Lipinski definition) is 1. The first-order valence-corrected chi connectivity index (χ1v) is 8.08. The van der Waals surface area contributed by atoms with E-state index in [1.54, 1.807) is 30.3 Å². The van der Waals surface area contributed by atoms with E-state index in [0.717, 1.165) is 11.1 Å². The first kappa shape index (κ1) is 17.4. The van der Waals surface area contributed by atoms with E-state index >= 15 is 0 Å². The Bertz CT molecular complexity index is 947. The van der Waals surface area contributed by atoms with Gasteiger partial charge in [-0.25, -0.2) is 5.01 Å². The maximum Gasteiger partial charge on any atom is 0.308 e. The van der Waals surface area contributed by atoms with Gasteiger partial charge in [-0.3, -0.25) is 19.8 Å². The van der Waals surface area contributed by atoms with Crippen molar-refractivity contribution >= 4 is 29.5 Å². The molecule has 2 amide bonds. The number of benzene rings is 2. The fourth-order valence-electron chi connectivity index (χ4n) is 2.60. The van der Waals surface area contributed by atoms with Crippen LogP contribution >= 0.6 is 0 Å². The zero-order chi connectivity index (χ0) is 18.8. The second kappa shape index (κ2) is 6.84. The number of carbonyl (C=O) groups is 3. The van der Waals surface area contributed by atoms with Crippen molar-refractivity contribution in [2.45, 2.75) is 20.8 Å². The van der Waals surface area contributed by atoms with Crippen molar-refractivity contribution in [1.29, 1.82) is 0 Å². The summed E-state index contributed by atoms with van der Waals surface area (Å²) in [5, 5.41) is 1.23. The minimum Gasteiger partial charge on any atom is -0.427 e. The highest BCUT2D eigenvalue weighted by atomic mass is 16.5. The Labute approximate surface area is 151 Å². The molecule has 0 aliphatic carbocycles. The molecule has 0 aromatic heterocycles. The number of hydrogen-bond acceptors (Lipinski definition) is 4. The van der Waals surface area contributed by atoms with Crippen molar-refractivity contribution in [3.05, 3.63) is 64.7 Å². The summed E-state index contributed by atoms with van der Waals surface area (Å²) in [7, 11) is 0. The zero-order valence-corrected chi connectivity index (χ0v) is 14.7. The summed E-state index contributed by atoms with van der Waals surface area (Å²) in [5.74, 6) is -1.00. The molecule has 0 radical (unpaired) electrons. The third kappa shape index (κ3) is 3.49. The van der Waals surface area contributed by atoms with Crippen LogP contribution in [-0.2, 0) is 14.4 Å². The van der Waals surface area contributed by atoms with Crippen molar-refractivity contribution in [3.63, 3.8) is 0 Å². The van der Waals surface area contributed by atoms with E-state index in [1.807, 2.05) is 26.0 Å². The normalized spacial score (nSPS) is 15.3. The van der Waals surface area contributed by atoms with Crippen LogP contribution in [0.1, 0.15) is 23.6 Å². The Morgan fingerprint density at radius 1 is 1.08 bits per heavy atom. The smallest absolute Gasteiger partial charge is 0.308 e. The van der Waals surface area contributed by atoms with Gasteiger partial charge >= 0.3 is 5.97 Å². The van der Waals surface area contributed by atoms with Crippen LogP contribution in [0.15, 0.2) is 48.0 Å². The molecule has 1 aliphatic heterocycles. The van der Waals surface area contributed by atoms with E-state index in [4.69, 9.17) is 4.74 Å². The van der Waals surface area contributed by atoms with Crippen LogP contribution in [0.3, 0.4) is 0 Å². The van der Waals surface area contributed by atoms with E-state index in [2.05, 4.69) is 5.43 Å². The first-order chi connectivity index (χ1) is 12.3. The average molecular weight is 350 g/mol. The lowest BCUT2D eigenvalue weighted by Crippen LogP contribution is -2.35. The lowest BCUT2D eigenvalue weighted by atomic mass is 10.1. The molecule has 0 spiro atoms. The second-order valence-electron chi connectivity index (χ2n) is 6.07. The van der Waals surface area contributed by atoms with Gasteiger partial charge in [-0.05, 0) is 60.9 Å². The highest BCUT2D eigenvalue weighted by Crippen LogP contribution is 2.24. The molecule has 0 unspecified atom stereocenters. The van der Waals surface area contributed by atoms with Gasteiger partial charge in [0.25, 0.3) is 11.8 Å². The summed E-state index contributed by atoms with van der Waals surface area (Å²) >= 11 is 0. The monoisotopic (exact) mass is 350 g/mol. The lowest BCUT2D eigenvalue weighted by molar-refractivity contribution is -0.132. The second-order valence-corrected chi connectivity index (χ2v) is 6.07. The lowest BCUT2D eigenvalue weighted by Gasteiger charge is -2.15. The number of nitrogens with one attached hydrogen (secondary N) is 1. The van der Waals surface area contributed by atoms with Crippen molar-refractivity contribution in [2.75, 3.05) is 5.01 Å². The molecule has 1 N–H and O–H groups in total. The van der Waals surface area contributed by atoms with Crippen LogP contribution in [0, 0.1) is 13.8 Å². The van der Waals surface area contributed by atoms with Crippen LogP contribution in [0.5, 0.6) is 5.75 Å². The molecule has 6 nitrogen and oxygen atoms in total. The predicted octanol–water partition coefficient (Wildman–Crippen LogP) is 2.69.